The maximum absolute atomic E-state index is 12.2. The van der Waals surface area contributed by atoms with E-state index in [1.165, 1.54) is 0 Å². The van der Waals surface area contributed by atoms with Crippen LogP contribution in [0.25, 0.3) is 0 Å². The second-order valence-corrected chi connectivity index (χ2v) is 5.86. The molecule has 0 aliphatic rings. The first-order valence-electron chi connectivity index (χ1n) is 6.82. The Balaban J connectivity index is 2.04. The second kappa shape index (κ2) is 7.38. The van der Waals surface area contributed by atoms with Gasteiger partial charge in [-0.25, -0.2) is 0 Å². The van der Waals surface area contributed by atoms with Crippen molar-refractivity contribution in [3.8, 4) is 0 Å². The predicted molar refractivity (Wildman–Crippen MR) is 87.4 cm³/mol. The molecule has 0 unspecified atom stereocenters. The summed E-state index contributed by atoms with van der Waals surface area (Å²) in [6, 6.07) is 15.0. The highest BCUT2D eigenvalue weighted by Gasteiger charge is 2.14. The summed E-state index contributed by atoms with van der Waals surface area (Å²) in [6.45, 7) is 1.88. The van der Waals surface area contributed by atoms with Gasteiger partial charge in [-0.2, -0.15) is 0 Å². The fraction of sp³-hybridized carbons (Fsp3) is 0.235. The number of hydrogen-bond donors (Lipinski definition) is 2. The van der Waals surface area contributed by atoms with Gasteiger partial charge in [0.25, 0.3) is 5.91 Å². The molecule has 0 heterocycles. The Morgan fingerprint density at radius 2 is 1.95 bits per heavy atom. The molecule has 0 radical (unpaired) electrons. The van der Waals surface area contributed by atoms with Crippen molar-refractivity contribution in [2.75, 3.05) is 6.61 Å². The monoisotopic (exact) mass is 347 g/mol. The van der Waals surface area contributed by atoms with Crippen LogP contribution in [0, 0.1) is 6.92 Å². The third kappa shape index (κ3) is 4.41. The lowest BCUT2D eigenvalue weighted by Gasteiger charge is -2.16. The molecule has 0 aliphatic heterocycles. The van der Waals surface area contributed by atoms with Gasteiger partial charge in [0, 0.05) is 10.0 Å². The van der Waals surface area contributed by atoms with Crippen LogP contribution in [0.4, 0.5) is 0 Å². The highest BCUT2D eigenvalue weighted by atomic mass is 79.9. The number of hydrogen-bond acceptors (Lipinski definition) is 2. The summed E-state index contributed by atoms with van der Waals surface area (Å²) in [6.07, 6.45) is 0.607. The van der Waals surface area contributed by atoms with Crippen molar-refractivity contribution in [2.45, 2.75) is 19.4 Å². The number of aryl methyl sites for hydroxylation is 1. The number of benzene rings is 2. The Labute approximate surface area is 133 Å². The molecule has 0 spiro atoms. The van der Waals surface area contributed by atoms with E-state index in [0.717, 1.165) is 15.6 Å². The Morgan fingerprint density at radius 1 is 1.24 bits per heavy atom. The van der Waals surface area contributed by atoms with Gasteiger partial charge in [0.1, 0.15) is 0 Å². The average molecular weight is 348 g/mol. The van der Waals surface area contributed by atoms with Gasteiger partial charge in [-0.05, 0) is 36.6 Å². The van der Waals surface area contributed by atoms with Crippen molar-refractivity contribution >= 4 is 21.8 Å². The maximum atomic E-state index is 12.2. The van der Waals surface area contributed by atoms with Gasteiger partial charge in [-0.15, -0.1) is 0 Å². The van der Waals surface area contributed by atoms with Crippen molar-refractivity contribution in [3.63, 3.8) is 0 Å². The van der Waals surface area contributed by atoms with Crippen molar-refractivity contribution < 1.29 is 9.90 Å². The van der Waals surface area contributed by atoms with Crippen LogP contribution in [0.1, 0.15) is 21.5 Å². The molecule has 3 nitrogen and oxygen atoms in total. The summed E-state index contributed by atoms with van der Waals surface area (Å²) in [7, 11) is 0. The standard InChI is InChI=1S/C17H18BrNO2/c1-12-7-8-14(10-16(12)18)17(21)19-15(11-20)9-13-5-3-2-4-6-13/h2-8,10,15,20H,9,11H2,1H3,(H,19,21)/t15-/m0/s1. The Bertz CT molecular complexity index is 613. The predicted octanol–water partition coefficient (Wildman–Crippen LogP) is 3.09. The largest absolute Gasteiger partial charge is 0.394 e. The minimum absolute atomic E-state index is 0.0896. The van der Waals surface area contributed by atoms with E-state index in [4.69, 9.17) is 0 Å². The van der Waals surface area contributed by atoms with E-state index in [1.54, 1.807) is 12.1 Å². The van der Waals surface area contributed by atoms with Gasteiger partial charge in [0.05, 0.1) is 12.6 Å². The molecule has 0 saturated carbocycles. The van der Waals surface area contributed by atoms with Crippen LogP contribution in [0.5, 0.6) is 0 Å². The molecule has 2 N–H and O–H groups in total. The first-order chi connectivity index (χ1) is 10.1. The number of halogens is 1. The minimum atomic E-state index is -0.292. The molecule has 2 aromatic rings. The number of amides is 1. The quantitative estimate of drug-likeness (QED) is 0.872. The van der Waals surface area contributed by atoms with Gasteiger partial charge in [-0.1, -0.05) is 52.3 Å². The number of carbonyl (C=O) groups excluding carboxylic acids is 1. The number of rotatable bonds is 5. The summed E-state index contributed by atoms with van der Waals surface area (Å²) in [5.74, 6) is -0.175. The number of aliphatic hydroxyl groups is 1. The third-order valence-corrected chi connectivity index (χ3v) is 4.17. The van der Waals surface area contributed by atoms with E-state index in [0.29, 0.717) is 12.0 Å². The topological polar surface area (TPSA) is 49.3 Å². The highest BCUT2D eigenvalue weighted by Crippen LogP contribution is 2.17. The minimum Gasteiger partial charge on any atom is -0.394 e. The molecule has 0 aromatic heterocycles. The van der Waals surface area contributed by atoms with Crippen molar-refractivity contribution in [2.24, 2.45) is 0 Å². The first kappa shape index (κ1) is 15.7. The zero-order valence-corrected chi connectivity index (χ0v) is 13.4. The molecular weight excluding hydrogens is 330 g/mol. The summed E-state index contributed by atoms with van der Waals surface area (Å²) < 4.78 is 0.902. The number of carbonyl (C=O) groups is 1. The Hall–Kier alpha value is -1.65. The molecule has 1 amide bonds. The van der Waals surface area contributed by atoms with Crippen LogP contribution < -0.4 is 5.32 Å². The van der Waals surface area contributed by atoms with Crippen LogP contribution >= 0.6 is 15.9 Å². The molecule has 1 atom stereocenters. The van der Waals surface area contributed by atoms with E-state index >= 15 is 0 Å². The van der Waals surface area contributed by atoms with E-state index in [-0.39, 0.29) is 18.6 Å². The molecule has 2 aromatic carbocycles. The lowest BCUT2D eigenvalue weighted by atomic mass is 10.1. The fourth-order valence-electron chi connectivity index (χ4n) is 2.06. The normalized spacial score (nSPS) is 12.0. The zero-order chi connectivity index (χ0) is 15.2. The maximum Gasteiger partial charge on any atom is 0.251 e. The van der Waals surface area contributed by atoms with Crippen molar-refractivity contribution in [3.05, 3.63) is 69.7 Å². The third-order valence-electron chi connectivity index (χ3n) is 3.31. The SMILES string of the molecule is Cc1ccc(C(=O)N[C@H](CO)Cc2ccccc2)cc1Br. The Morgan fingerprint density at radius 3 is 2.57 bits per heavy atom. The smallest absolute Gasteiger partial charge is 0.251 e. The fourth-order valence-corrected chi connectivity index (χ4v) is 2.44. The lowest BCUT2D eigenvalue weighted by Crippen LogP contribution is -2.39. The Kier molecular flexibility index (Phi) is 5.53. The molecule has 110 valence electrons. The van der Waals surface area contributed by atoms with Crippen molar-refractivity contribution in [1.82, 2.24) is 5.32 Å². The van der Waals surface area contributed by atoms with Crippen molar-refractivity contribution in [1.29, 1.82) is 0 Å². The van der Waals surface area contributed by atoms with E-state index < -0.39 is 0 Å². The van der Waals surface area contributed by atoms with Gasteiger partial charge in [0.15, 0.2) is 0 Å². The first-order valence-corrected chi connectivity index (χ1v) is 7.61. The van der Waals surface area contributed by atoms with Crippen LogP contribution in [0.3, 0.4) is 0 Å². The molecular formula is C17H18BrNO2. The molecule has 2 rings (SSSR count). The number of aliphatic hydroxyl groups excluding tert-OH is 1. The molecule has 0 aliphatic carbocycles. The molecule has 4 heteroatoms. The summed E-state index contributed by atoms with van der Waals surface area (Å²) in [5.41, 5.74) is 2.75. The second-order valence-electron chi connectivity index (χ2n) is 5.01. The van der Waals surface area contributed by atoms with E-state index in [9.17, 15) is 9.90 Å². The highest BCUT2D eigenvalue weighted by molar-refractivity contribution is 9.10. The average Bonchev–Trinajstić information content (AvgIpc) is 2.50. The summed E-state index contributed by atoms with van der Waals surface area (Å²) in [4.78, 5) is 12.2. The van der Waals surface area contributed by atoms with Crippen LogP contribution in [0.15, 0.2) is 53.0 Å². The molecule has 0 saturated heterocycles. The van der Waals surface area contributed by atoms with Crippen LogP contribution in [-0.4, -0.2) is 23.7 Å². The van der Waals surface area contributed by atoms with Gasteiger partial charge < -0.3 is 10.4 Å². The molecule has 0 fully saturated rings. The lowest BCUT2D eigenvalue weighted by molar-refractivity contribution is 0.0916. The van der Waals surface area contributed by atoms with Crippen LogP contribution in [-0.2, 0) is 6.42 Å². The molecule has 0 bridgehead atoms. The zero-order valence-electron chi connectivity index (χ0n) is 11.8. The molecule has 21 heavy (non-hydrogen) atoms. The summed E-state index contributed by atoms with van der Waals surface area (Å²) in [5, 5.41) is 12.3. The van der Waals surface area contributed by atoms with E-state index in [1.807, 2.05) is 43.3 Å². The van der Waals surface area contributed by atoms with Gasteiger partial charge in [0.2, 0.25) is 0 Å². The summed E-state index contributed by atoms with van der Waals surface area (Å²) >= 11 is 3.42. The van der Waals surface area contributed by atoms with E-state index in [2.05, 4.69) is 21.2 Å². The van der Waals surface area contributed by atoms with Crippen LogP contribution in [0.2, 0.25) is 0 Å². The van der Waals surface area contributed by atoms with Gasteiger partial charge in [-0.3, -0.25) is 4.79 Å². The number of nitrogens with one attached hydrogen (secondary N) is 1. The van der Waals surface area contributed by atoms with Gasteiger partial charge >= 0.3 is 0 Å².